The lowest BCUT2D eigenvalue weighted by Crippen LogP contribution is -2.31. The average molecular weight is 340 g/mol. The molecule has 1 N–H and O–H groups in total. The van der Waals surface area contributed by atoms with Gasteiger partial charge in [0.25, 0.3) is 0 Å². The molecule has 0 spiro atoms. The lowest BCUT2D eigenvalue weighted by atomic mass is 9.98. The molecule has 2 nitrogen and oxygen atoms in total. The highest BCUT2D eigenvalue weighted by atomic mass is 79.9. The molecule has 1 aliphatic rings. The maximum atomic E-state index is 5.84. The van der Waals surface area contributed by atoms with Crippen molar-refractivity contribution in [3.8, 4) is 5.75 Å². The van der Waals surface area contributed by atoms with E-state index in [1.54, 1.807) is 0 Å². The SMILES string of the molecule is CCCCCC(Cc1cc(Br)cc2c1OCC2)NCC. The van der Waals surface area contributed by atoms with E-state index < -0.39 is 0 Å². The standard InChI is InChI=1S/C17H26BrNO/c1-3-5-6-7-16(19-4-2)12-14-11-15(18)10-13-8-9-20-17(13)14/h10-11,16,19H,3-9,12H2,1-2H3. The fourth-order valence-corrected chi connectivity index (χ4v) is 3.52. The van der Waals surface area contributed by atoms with Gasteiger partial charge in [0.1, 0.15) is 5.75 Å². The Labute approximate surface area is 131 Å². The van der Waals surface area contributed by atoms with Crippen molar-refractivity contribution in [1.29, 1.82) is 0 Å². The largest absolute Gasteiger partial charge is 0.493 e. The van der Waals surface area contributed by atoms with Crippen molar-refractivity contribution < 1.29 is 4.74 Å². The molecule has 0 bridgehead atoms. The van der Waals surface area contributed by atoms with Crippen LogP contribution in [0.4, 0.5) is 0 Å². The molecule has 20 heavy (non-hydrogen) atoms. The van der Waals surface area contributed by atoms with Gasteiger partial charge in [-0.3, -0.25) is 0 Å². The van der Waals surface area contributed by atoms with Crippen LogP contribution >= 0.6 is 15.9 Å². The van der Waals surface area contributed by atoms with Gasteiger partial charge in [-0.15, -0.1) is 0 Å². The summed E-state index contributed by atoms with van der Waals surface area (Å²) < 4.78 is 7.02. The predicted molar refractivity (Wildman–Crippen MR) is 88.7 cm³/mol. The van der Waals surface area contributed by atoms with Gasteiger partial charge in [0.2, 0.25) is 0 Å². The van der Waals surface area contributed by atoms with E-state index in [0.29, 0.717) is 6.04 Å². The molecule has 3 heteroatoms. The van der Waals surface area contributed by atoms with Crippen LogP contribution in [-0.2, 0) is 12.8 Å². The van der Waals surface area contributed by atoms with Gasteiger partial charge in [-0.25, -0.2) is 0 Å². The maximum absolute atomic E-state index is 5.84. The maximum Gasteiger partial charge on any atom is 0.125 e. The number of nitrogens with one attached hydrogen (secondary N) is 1. The minimum absolute atomic E-state index is 0.564. The molecule has 2 rings (SSSR count). The second-order valence-corrected chi connectivity index (χ2v) is 6.52. The number of benzene rings is 1. The molecule has 1 aliphatic heterocycles. The van der Waals surface area contributed by atoms with Gasteiger partial charge in [0.05, 0.1) is 6.61 Å². The van der Waals surface area contributed by atoms with E-state index in [1.165, 1.54) is 41.3 Å². The first-order chi connectivity index (χ1) is 9.74. The Morgan fingerprint density at radius 3 is 2.90 bits per heavy atom. The molecule has 0 amide bonds. The van der Waals surface area contributed by atoms with E-state index in [-0.39, 0.29) is 0 Å². The van der Waals surface area contributed by atoms with Gasteiger partial charge in [0.15, 0.2) is 0 Å². The molecule has 1 atom stereocenters. The number of hydrogen-bond acceptors (Lipinski definition) is 2. The summed E-state index contributed by atoms with van der Waals surface area (Å²) in [5, 5.41) is 3.63. The minimum atomic E-state index is 0.564. The Morgan fingerprint density at radius 1 is 1.30 bits per heavy atom. The number of likely N-dealkylation sites (N-methyl/N-ethyl adjacent to an activating group) is 1. The first-order valence-electron chi connectivity index (χ1n) is 7.92. The van der Waals surface area contributed by atoms with Crippen LogP contribution in [0.25, 0.3) is 0 Å². The lowest BCUT2D eigenvalue weighted by Gasteiger charge is -2.19. The molecule has 1 unspecified atom stereocenters. The van der Waals surface area contributed by atoms with Crippen molar-refractivity contribution in [1.82, 2.24) is 5.32 Å². The Bertz CT molecular complexity index is 433. The van der Waals surface area contributed by atoms with Crippen LogP contribution < -0.4 is 10.1 Å². The summed E-state index contributed by atoms with van der Waals surface area (Å²) in [6.45, 7) is 6.32. The van der Waals surface area contributed by atoms with E-state index in [9.17, 15) is 0 Å². The van der Waals surface area contributed by atoms with E-state index in [4.69, 9.17) is 4.74 Å². The van der Waals surface area contributed by atoms with Gasteiger partial charge >= 0.3 is 0 Å². The molecule has 0 radical (unpaired) electrons. The van der Waals surface area contributed by atoms with Crippen molar-refractivity contribution >= 4 is 15.9 Å². The summed E-state index contributed by atoms with van der Waals surface area (Å²) in [7, 11) is 0. The first kappa shape index (κ1) is 15.8. The zero-order chi connectivity index (χ0) is 14.4. The molecule has 0 saturated heterocycles. The zero-order valence-corrected chi connectivity index (χ0v) is 14.3. The lowest BCUT2D eigenvalue weighted by molar-refractivity contribution is 0.350. The molecule has 1 heterocycles. The van der Waals surface area contributed by atoms with Crippen LogP contribution in [0.15, 0.2) is 16.6 Å². The first-order valence-corrected chi connectivity index (χ1v) is 8.71. The highest BCUT2D eigenvalue weighted by Gasteiger charge is 2.19. The molecule has 1 aromatic rings. The molecule has 0 aromatic heterocycles. The third-order valence-corrected chi connectivity index (χ3v) is 4.40. The second kappa shape index (κ2) is 8.04. The van der Waals surface area contributed by atoms with Gasteiger partial charge in [0, 0.05) is 16.9 Å². The van der Waals surface area contributed by atoms with Crippen molar-refractivity contribution in [2.75, 3.05) is 13.2 Å². The topological polar surface area (TPSA) is 21.3 Å². The third-order valence-electron chi connectivity index (χ3n) is 3.94. The molecule has 1 aromatic carbocycles. The van der Waals surface area contributed by atoms with Gasteiger partial charge in [-0.05, 0) is 42.6 Å². The fourth-order valence-electron chi connectivity index (χ4n) is 2.97. The van der Waals surface area contributed by atoms with Crippen molar-refractivity contribution in [3.05, 3.63) is 27.7 Å². The molecule has 112 valence electrons. The minimum Gasteiger partial charge on any atom is -0.493 e. The van der Waals surface area contributed by atoms with Crippen LogP contribution in [0.1, 0.15) is 50.7 Å². The predicted octanol–water partition coefficient (Wildman–Crippen LogP) is 4.48. The summed E-state index contributed by atoms with van der Waals surface area (Å²) in [5.74, 6) is 1.14. The van der Waals surface area contributed by atoms with E-state index >= 15 is 0 Å². The van der Waals surface area contributed by atoms with Crippen molar-refractivity contribution in [2.45, 2.75) is 58.4 Å². The number of ether oxygens (including phenoxy) is 1. The summed E-state index contributed by atoms with van der Waals surface area (Å²) in [6.07, 6.45) is 7.29. The smallest absolute Gasteiger partial charge is 0.125 e. The van der Waals surface area contributed by atoms with Crippen LogP contribution in [0, 0.1) is 0 Å². The molecule has 0 fully saturated rings. The average Bonchev–Trinajstić information content (AvgIpc) is 2.87. The van der Waals surface area contributed by atoms with E-state index in [1.807, 2.05) is 0 Å². The van der Waals surface area contributed by atoms with Crippen LogP contribution in [0.3, 0.4) is 0 Å². The van der Waals surface area contributed by atoms with Gasteiger partial charge < -0.3 is 10.1 Å². The Morgan fingerprint density at radius 2 is 2.15 bits per heavy atom. The Hall–Kier alpha value is -0.540. The summed E-state index contributed by atoms with van der Waals surface area (Å²) in [6, 6.07) is 4.99. The zero-order valence-electron chi connectivity index (χ0n) is 12.7. The van der Waals surface area contributed by atoms with Crippen LogP contribution in [0.5, 0.6) is 5.75 Å². The van der Waals surface area contributed by atoms with E-state index in [2.05, 4.69) is 47.2 Å². The quantitative estimate of drug-likeness (QED) is 0.704. The second-order valence-electron chi connectivity index (χ2n) is 5.61. The fraction of sp³-hybridized carbons (Fsp3) is 0.647. The van der Waals surface area contributed by atoms with Crippen LogP contribution in [-0.4, -0.2) is 19.2 Å². The normalized spacial score (nSPS) is 14.9. The van der Waals surface area contributed by atoms with Gasteiger partial charge in [-0.2, -0.15) is 0 Å². The van der Waals surface area contributed by atoms with Gasteiger partial charge in [-0.1, -0.05) is 49.0 Å². The number of unbranched alkanes of at least 4 members (excludes halogenated alkanes) is 2. The van der Waals surface area contributed by atoms with Crippen LogP contribution in [0.2, 0.25) is 0 Å². The van der Waals surface area contributed by atoms with E-state index in [0.717, 1.165) is 31.7 Å². The summed E-state index contributed by atoms with van der Waals surface area (Å²) >= 11 is 3.63. The van der Waals surface area contributed by atoms with Crippen molar-refractivity contribution in [2.24, 2.45) is 0 Å². The Kier molecular flexibility index (Phi) is 6.37. The molecular weight excluding hydrogens is 314 g/mol. The number of halogens is 1. The number of rotatable bonds is 8. The highest BCUT2D eigenvalue weighted by molar-refractivity contribution is 9.10. The molecule has 0 saturated carbocycles. The Balaban J connectivity index is 2.06. The monoisotopic (exact) mass is 339 g/mol. The molecular formula is C17H26BrNO. The van der Waals surface area contributed by atoms with Crippen molar-refractivity contribution in [3.63, 3.8) is 0 Å². The summed E-state index contributed by atoms with van der Waals surface area (Å²) in [4.78, 5) is 0. The molecule has 0 aliphatic carbocycles. The highest BCUT2D eigenvalue weighted by Crippen LogP contribution is 2.34. The number of hydrogen-bond donors (Lipinski definition) is 1. The number of fused-ring (bicyclic) bond motifs is 1. The summed E-state index contributed by atoms with van der Waals surface area (Å²) in [5.41, 5.74) is 2.72. The third kappa shape index (κ3) is 4.23.